The van der Waals surface area contributed by atoms with Gasteiger partial charge in [-0.25, -0.2) is 4.98 Å². The first-order valence-corrected chi connectivity index (χ1v) is 7.91. The molecule has 24 heavy (non-hydrogen) atoms. The van der Waals surface area contributed by atoms with Crippen LogP contribution in [0.1, 0.15) is 27.2 Å². The Balaban J connectivity index is 0.00000208. The number of rotatable bonds is 7. The van der Waals surface area contributed by atoms with Crippen molar-refractivity contribution in [2.24, 2.45) is 0 Å². The molecule has 3 aromatic rings. The minimum absolute atomic E-state index is 0. The summed E-state index contributed by atoms with van der Waals surface area (Å²) in [5.74, 6) is -1.12. The molecule has 0 amide bonds. The summed E-state index contributed by atoms with van der Waals surface area (Å²) in [5.41, 5.74) is 2.51. The normalized spacial score (nSPS) is 11.6. The monoisotopic (exact) mass is 333 g/mol. The number of hydrogen-bond donors (Lipinski definition) is 0. The van der Waals surface area contributed by atoms with Gasteiger partial charge in [0.1, 0.15) is 17.4 Å². The van der Waals surface area contributed by atoms with E-state index < -0.39 is 5.97 Å². The third kappa shape index (κ3) is 3.19. The van der Waals surface area contributed by atoms with E-state index in [1.807, 2.05) is 45.0 Å². The smallest absolute Gasteiger partial charge is 0.347 e. The Kier molecular flexibility index (Phi) is 5.71. The van der Waals surface area contributed by atoms with Crippen LogP contribution >= 0.6 is 0 Å². The second-order valence-corrected chi connectivity index (χ2v) is 5.07. The van der Waals surface area contributed by atoms with E-state index in [-0.39, 0.29) is 5.48 Å². The van der Waals surface area contributed by atoms with Crippen molar-refractivity contribution in [3.8, 4) is 0 Å². The molecule has 2 heterocycles. The maximum Gasteiger partial charge on any atom is 0.347 e. The average molecular weight is 333 g/mol. The predicted molar refractivity (Wildman–Crippen MR) is 91.5 cm³/mol. The number of fused-ring (bicyclic) bond motifs is 3. The van der Waals surface area contributed by atoms with Gasteiger partial charge in [-0.15, -0.1) is 0 Å². The minimum atomic E-state index is -1.12. The number of imidazole rings is 1. The highest BCUT2D eigenvalue weighted by Gasteiger charge is 2.33. The zero-order valence-electron chi connectivity index (χ0n) is 14.2. The molecule has 0 unspecified atom stereocenters. The summed E-state index contributed by atoms with van der Waals surface area (Å²) in [4.78, 5) is 14.9. The van der Waals surface area contributed by atoms with Gasteiger partial charge in [0.05, 0.1) is 24.9 Å². The molecular formula is C17H23N3O4. The predicted octanol–water partition coefficient (Wildman–Crippen LogP) is 2.33. The molecule has 7 nitrogen and oxygen atoms in total. The van der Waals surface area contributed by atoms with Crippen molar-refractivity contribution in [1.82, 2.24) is 14.7 Å². The van der Waals surface area contributed by atoms with Crippen LogP contribution in [0.3, 0.4) is 0 Å². The molecule has 0 spiro atoms. The van der Waals surface area contributed by atoms with E-state index in [1.54, 1.807) is 17.3 Å². The number of pyridine rings is 1. The fraction of sp³-hybridized carbons (Fsp3) is 0.412. The van der Waals surface area contributed by atoms with Crippen molar-refractivity contribution in [3.05, 3.63) is 36.8 Å². The standard InChI is InChI=1S/C17H21N3O3.H2O/c1-4-17(21-5-2,22-6-3)23-20-12-19-15-11-18-14-10-8-7-9-13(14)16(15)20;/h7-12H,4-6H2,1-3H3;1H2. The van der Waals surface area contributed by atoms with E-state index in [0.29, 0.717) is 19.6 Å². The Hall–Kier alpha value is -2.22. The zero-order valence-corrected chi connectivity index (χ0v) is 14.2. The number of nitrogens with zero attached hydrogens (tertiary/aromatic N) is 3. The van der Waals surface area contributed by atoms with Gasteiger partial charge in [0.2, 0.25) is 0 Å². The van der Waals surface area contributed by atoms with Crippen molar-refractivity contribution in [3.63, 3.8) is 0 Å². The number of para-hydroxylation sites is 1. The first-order chi connectivity index (χ1) is 11.2. The van der Waals surface area contributed by atoms with Gasteiger partial charge in [-0.05, 0) is 19.9 Å². The first-order valence-electron chi connectivity index (χ1n) is 7.91. The van der Waals surface area contributed by atoms with E-state index in [0.717, 1.165) is 21.9 Å². The molecule has 0 saturated heterocycles. The Morgan fingerprint density at radius 2 is 1.71 bits per heavy atom. The summed E-state index contributed by atoms with van der Waals surface area (Å²) in [7, 11) is 0. The molecule has 3 rings (SSSR count). The molecule has 2 aromatic heterocycles. The number of ether oxygens (including phenoxy) is 2. The van der Waals surface area contributed by atoms with Crippen LogP contribution in [0.15, 0.2) is 36.8 Å². The van der Waals surface area contributed by atoms with Gasteiger partial charge in [0.15, 0.2) is 0 Å². The molecule has 0 atom stereocenters. The summed E-state index contributed by atoms with van der Waals surface area (Å²) in [6.45, 7) is 6.77. The van der Waals surface area contributed by atoms with E-state index in [2.05, 4.69) is 9.97 Å². The summed E-state index contributed by atoms with van der Waals surface area (Å²) in [6, 6.07) is 7.89. The molecule has 0 fully saturated rings. The van der Waals surface area contributed by atoms with Gasteiger partial charge in [0.25, 0.3) is 0 Å². The second kappa shape index (κ2) is 7.57. The summed E-state index contributed by atoms with van der Waals surface area (Å²) in [5, 5.41) is 0.973. The minimum Gasteiger partial charge on any atom is -0.412 e. The fourth-order valence-electron chi connectivity index (χ4n) is 2.64. The van der Waals surface area contributed by atoms with Crippen LogP contribution < -0.4 is 4.84 Å². The lowest BCUT2D eigenvalue weighted by molar-refractivity contribution is -0.375. The fourth-order valence-corrected chi connectivity index (χ4v) is 2.64. The number of benzene rings is 1. The van der Waals surface area contributed by atoms with Crippen LogP contribution in [-0.4, -0.2) is 39.4 Å². The molecule has 0 aliphatic rings. The SMILES string of the molecule is CCOC(CC)(OCC)On1cnc2cnc3ccccc3c21.O. The van der Waals surface area contributed by atoms with Gasteiger partial charge < -0.3 is 19.8 Å². The topological polar surface area (TPSA) is 89.9 Å². The van der Waals surface area contributed by atoms with Crippen molar-refractivity contribution < 1.29 is 19.8 Å². The Morgan fingerprint density at radius 3 is 2.38 bits per heavy atom. The highest BCUT2D eigenvalue weighted by molar-refractivity contribution is 6.01. The lowest BCUT2D eigenvalue weighted by Crippen LogP contribution is -2.45. The van der Waals surface area contributed by atoms with Gasteiger partial charge in [0, 0.05) is 11.8 Å². The molecule has 0 radical (unpaired) electrons. The largest absolute Gasteiger partial charge is 0.412 e. The number of hydrogen-bond acceptors (Lipinski definition) is 5. The van der Waals surface area contributed by atoms with Crippen molar-refractivity contribution in [2.75, 3.05) is 13.2 Å². The van der Waals surface area contributed by atoms with Gasteiger partial charge in [-0.1, -0.05) is 25.1 Å². The maximum atomic E-state index is 6.08. The van der Waals surface area contributed by atoms with Crippen LogP contribution in [0.25, 0.3) is 21.9 Å². The van der Waals surface area contributed by atoms with E-state index in [4.69, 9.17) is 14.3 Å². The van der Waals surface area contributed by atoms with Crippen molar-refractivity contribution in [1.29, 1.82) is 0 Å². The maximum absolute atomic E-state index is 6.08. The highest BCUT2D eigenvalue weighted by Crippen LogP contribution is 2.24. The van der Waals surface area contributed by atoms with Crippen LogP contribution in [0.4, 0.5) is 0 Å². The lowest BCUT2D eigenvalue weighted by Gasteiger charge is -2.31. The molecule has 2 N–H and O–H groups in total. The van der Waals surface area contributed by atoms with Gasteiger partial charge >= 0.3 is 5.97 Å². The Bertz CT molecular complexity index is 797. The third-order valence-electron chi connectivity index (χ3n) is 3.65. The van der Waals surface area contributed by atoms with Crippen molar-refractivity contribution in [2.45, 2.75) is 33.2 Å². The third-order valence-corrected chi connectivity index (χ3v) is 3.65. The summed E-state index contributed by atoms with van der Waals surface area (Å²) < 4.78 is 13.1. The summed E-state index contributed by atoms with van der Waals surface area (Å²) >= 11 is 0. The second-order valence-electron chi connectivity index (χ2n) is 5.07. The van der Waals surface area contributed by atoms with Crippen LogP contribution in [-0.2, 0) is 9.47 Å². The van der Waals surface area contributed by atoms with E-state index >= 15 is 0 Å². The van der Waals surface area contributed by atoms with Crippen LogP contribution in [0.5, 0.6) is 0 Å². The lowest BCUT2D eigenvalue weighted by atomic mass is 10.2. The molecule has 0 aliphatic heterocycles. The quantitative estimate of drug-likeness (QED) is 0.619. The van der Waals surface area contributed by atoms with Crippen molar-refractivity contribution >= 4 is 21.9 Å². The Labute approximate surface area is 140 Å². The van der Waals surface area contributed by atoms with E-state index in [1.165, 1.54) is 0 Å². The molecule has 7 heteroatoms. The molecule has 0 bridgehead atoms. The molecule has 0 aliphatic carbocycles. The zero-order chi connectivity index (χ0) is 16.3. The Morgan fingerprint density at radius 1 is 1.00 bits per heavy atom. The van der Waals surface area contributed by atoms with Crippen LogP contribution in [0.2, 0.25) is 0 Å². The van der Waals surface area contributed by atoms with E-state index in [9.17, 15) is 0 Å². The number of aromatic nitrogens is 3. The molecule has 1 aromatic carbocycles. The van der Waals surface area contributed by atoms with Crippen LogP contribution in [0, 0.1) is 0 Å². The first kappa shape index (κ1) is 18.1. The molecular weight excluding hydrogens is 310 g/mol. The highest BCUT2D eigenvalue weighted by atomic mass is 16.9. The molecule has 130 valence electrons. The average Bonchev–Trinajstić information content (AvgIpc) is 2.98. The van der Waals surface area contributed by atoms with Gasteiger partial charge in [-0.3, -0.25) is 4.98 Å². The summed E-state index contributed by atoms with van der Waals surface area (Å²) in [6.07, 6.45) is 3.92. The molecule has 0 saturated carbocycles. The van der Waals surface area contributed by atoms with Gasteiger partial charge in [-0.2, -0.15) is 4.73 Å².